The van der Waals surface area contributed by atoms with Gasteiger partial charge in [-0.1, -0.05) is 11.6 Å². The van der Waals surface area contributed by atoms with Gasteiger partial charge in [0.2, 0.25) is 0 Å². The number of hydrogen-bond donors (Lipinski definition) is 2. The second-order valence-electron chi connectivity index (χ2n) is 8.41. The fraction of sp³-hybridized carbons (Fsp3) is 0.364. The summed E-state index contributed by atoms with van der Waals surface area (Å²) in [6.45, 7) is 3.74. The summed E-state index contributed by atoms with van der Waals surface area (Å²) < 4.78 is 16.8. The highest BCUT2D eigenvalue weighted by Gasteiger charge is 2.44. The minimum absolute atomic E-state index is 0.0163. The number of nitrogens with one attached hydrogen (secondary N) is 2. The van der Waals surface area contributed by atoms with Crippen molar-refractivity contribution < 1.29 is 9.18 Å². The predicted molar refractivity (Wildman–Crippen MR) is 118 cm³/mol. The van der Waals surface area contributed by atoms with Gasteiger partial charge in [-0.3, -0.25) is 9.48 Å². The normalized spacial score (nSPS) is 19.2. The molecular weight excluding hydrogens is 435 g/mol. The third-order valence-electron chi connectivity index (χ3n) is 6.51. The van der Waals surface area contributed by atoms with Gasteiger partial charge in [-0.15, -0.1) is 0 Å². The van der Waals surface area contributed by atoms with Gasteiger partial charge < -0.3 is 10.2 Å². The molecule has 1 saturated heterocycles. The topological polar surface area (TPSA) is 95.9 Å². The summed E-state index contributed by atoms with van der Waals surface area (Å²) in [5, 5.41) is 14.0. The molecule has 10 heteroatoms. The molecule has 0 radical (unpaired) electrons. The van der Waals surface area contributed by atoms with Crippen LogP contribution in [-0.2, 0) is 13.5 Å². The van der Waals surface area contributed by atoms with Gasteiger partial charge in [0.25, 0.3) is 5.56 Å². The summed E-state index contributed by atoms with van der Waals surface area (Å²) >= 11 is 6.50. The lowest BCUT2D eigenvalue weighted by molar-refractivity contribution is 0.177. The molecule has 2 N–H and O–H groups in total. The van der Waals surface area contributed by atoms with E-state index in [4.69, 9.17) is 11.6 Å². The van der Waals surface area contributed by atoms with Crippen molar-refractivity contribution in [1.29, 1.82) is 0 Å². The first kappa shape index (κ1) is 20.7. The molecule has 2 bridgehead atoms. The smallest absolute Gasteiger partial charge is 0.313 e. The third-order valence-corrected chi connectivity index (χ3v) is 6.82. The molecule has 3 aromatic rings. The Kier molecular flexibility index (Phi) is 4.81. The van der Waals surface area contributed by atoms with Crippen molar-refractivity contribution in [2.45, 2.75) is 45.2 Å². The maximum Gasteiger partial charge on any atom is 0.322 e. The summed E-state index contributed by atoms with van der Waals surface area (Å²) in [4.78, 5) is 26.4. The summed E-state index contributed by atoms with van der Waals surface area (Å²) in [5.74, 6) is -0.576. The molecule has 2 amide bonds. The number of hydrogen-bond acceptors (Lipinski definition) is 4. The van der Waals surface area contributed by atoms with E-state index in [1.807, 2.05) is 20.9 Å². The fourth-order valence-corrected chi connectivity index (χ4v) is 5.25. The van der Waals surface area contributed by atoms with E-state index in [9.17, 15) is 9.59 Å². The van der Waals surface area contributed by atoms with E-state index in [2.05, 4.69) is 20.6 Å². The summed E-state index contributed by atoms with van der Waals surface area (Å²) in [7, 11) is 1.82. The average Bonchev–Trinajstić information content (AvgIpc) is 3.19. The zero-order chi connectivity index (χ0) is 22.7. The van der Waals surface area contributed by atoms with Crippen LogP contribution in [0.5, 0.6) is 0 Å². The lowest BCUT2D eigenvalue weighted by Crippen LogP contribution is -2.45. The molecule has 0 spiro atoms. The van der Waals surface area contributed by atoms with Crippen molar-refractivity contribution in [2.75, 3.05) is 5.32 Å². The summed E-state index contributed by atoms with van der Waals surface area (Å²) in [5.41, 5.74) is 4.26. The van der Waals surface area contributed by atoms with E-state index in [0.717, 1.165) is 35.4 Å². The van der Waals surface area contributed by atoms with Gasteiger partial charge >= 0.3 is 6.03 Å². The van der Waals surface area contributed by atoms with Crippen LogP contribution in [0.1, 0.15) is 41.5 Å². The average molecular weight is 457 g/mol. The highest BCUT2D eigenvalue weighted by atomic mass is 35.5. The number of benzene rings is 1. The van der Waals surface area contributed by atoms with Gasteiger partial charge in [0.05, 0.1) is 28.1 Å². The first-order valence-electron chi connectivity index (χ1n) is 10.4. The third kappa shape index (κ3) is 3.19. The van der Waals surface area contributed by atoms with E-state index < -0.39 is 11.8 Å². The van der Waals surface area contributed by atoms with E-state index in [-0.39, 0.29) is 23.3 Å². The molecule has 0 unspecified atom stereocenters. The quantitative estimate of drug-likeness (QED) is 0.611. The highest BCUT2D eigenvalue weighted by molar-refractivity contribution is 6.33. The maximum absolute atomic E-state index is 15.0. The van der Waals surface area contributed by atoms with Gasteiger partial charge in [0, 0.05) is 36.0 Å². The van der Waals surface area contributed by atoms with Crippen molar-refractivity contribution >= 4 is 23.3 Å². The van der Waals surface area contributed by atoms with Gasteiger partial charge in [-0.05, 0) is 50.8 Å². The van der Waals surface area contributed by atoms with Crippen LogP contribution >= 0.6 is 11.6 Å². The van der Waals surface area contributed by atoms with Gasteiger partial charge in [0.1, 0.15) is 5.82 Å². The van der Waals surface area contributed by atoms with E-state index >= 15 is 4.39 Å². The maximum atomic E-state index is 15.0. The number of urea groups is 1. The van der Waals surface area contributed by atoms with E-state index in [1.165, 1.54) is 12.1 Å². The minimum Gasteiger partial charge on any atom is -0.313 e. The molecule has 166 valence electrons. The van der Waals surface area contributed by atoms with Crippen molar-refractivity contribution in [3.8, 4) is 11.1 Å². The highest BCUT2D eigenvalue weighted by Crippen LogP contribution is 2.43. The second-order valence-corrected chi connectivity index (χ2v) is 8.82. The molecule has 1 aromatic carbocycles. The zero-order valence-electron chi connectivity index (χ0n) is 17.9. The number of carbonyl (C=O) groups is 1. The monoisotopic (exact) mass is 456 g/mol. The Labute approximate surface area is 188 Å². The van der Waals surface area contributed by atoms with Crippen molar-refractivity contribution in [2.24, 2.45) is 7.05 Å². The Bertz CT molecular complexity index is 1320. The molecule has 2 atom stereocenters. The number of halogens is 2. The van der Waals surface area contributed by atoms with Crippen LogP contribution in [0.4, 0.5) is 14.9 Å². The second kappa shape index (κ2) is 7.44. The van der Waals surface area contributed by atoms with Crippen LogP contribution in [0.15, 0.2) is 23.0 Å². The Morgan fingerprint density at radius 3 is 2.78 bits per heavy atom. The van der Waals surface area contributed by atoms with Crippen molar-refractivity contribution in [1.82, 2.24) is 24.9 Å². The number of aromatic amines is 1. The summed E-state index contributed by atoms with van der Waals surface area (Å²) in [6, 6.07) is 3.59. The standard InChI is InChI=1S/C22H22ClFN6O2/c1-10-20(11(2)29(3)28-10)14-8-16(24)17(9-15(14)23)25-22(32)30-13-4-5-18(30)21-12(6-13)7-19(31)26-27-21/h7-9,13,18H,4-6H2,1-3H3,(H,25,32)(H,26,31)/t13-,18+/m0/s1. The number of aryl methyl sites for hydroxylation is 2. The first-order chi connectivity index (χ1) is 15.2. The molecule has 2 aliphatic rings. The molecule has 4 heterocycles. The Hall–Kier alpha value is -3.20. The van der Waals surface area contributed by atoms with Crippen LogP contribution in [0.2, 0.25) is 5.02 Å². The molecular formula is C22H22ClFN6O2. The van der Waals surface area contributed by atoms with Crippen molar-refractivity contribution in [3.05, 3.63) is 62.0 Å². The number of fused-ring (bicyclic) bond motifs is 4. The van der Waals surface area contributed by atoms with Crippen LogP contribution in [0.25, 0.3) is 11.1 Å². The molecule has 0 saturated carbocycles. The van der Waals surface area contributed by atoms with E-state index in [1.54, 1.807) is 15.6 Å². The molecule has 2 aromatic heterocycles. The van der Waals surface area contributed by atoms with Crippen LogP contribution < -0.4 is 10.9 Å². The van der Waals surface area contributed by atoms with Crippen LogP contribution in [0, 0.1) is 19.7 Å². The van der Waals surface area contributed by atoms with Gasteiger partial charge in [-0.25, -0.2) is 14.3 Å². The number of anilines is 1. The van der Waals surface area contributed by atoms with Crippen LogP contribution in [0.3, 0.4) is 0 Å². The molecule has 5 rings (SSSR count). The van der Waals surface area contributed by atoms with Crippen molar-refractivity contribution in [3.63, 3.8) is 0 Å². The summed E-state index contributed by atoms with van der Waals surface area (Å²) in [6.07, 6.45) is 2.09. The first-order valence-corrected chi connectivity index (χ1v) is 10.8. The largest absolute Gasteiger partial charge is 0.322 e. The number of amides is 2. The SMILES string of the molecule is Cc1nn(C)c(C)c1-c1cc(F)c(NC(=O)N2[C@H]3CC[C@@H]2c2n[nH]c(=O)cc2C3)cc1Cl. The van der Waals surface area contributed by atoms with Crippen LogP contribution in [-0.4, -0.2) is 37.0 Å². The fourth-order valence-electron chi connectivity index (χ4n) is 4.99. The number of aromatic nitrogens is 4. The number of nitrogens with zero attached hydrogens (tertiary/aromatic N) is 4. The number of carbonyl (C=O) groups excluding carboxylic acids is 1. The molecule has 8 nitrogen and oxygen atoms in total. The zero-order valence-corrected chi connectivity index (χ0v) is 18.6. The van der Waals surface area contributed by atoms with E-state index in [0.29, 0.717) is 22.7 Å². The molecule has 32 heavy (non-hydrogen) atoms. The number of rotatable bonds is 2. The Balaban J connectivity index is 1.44. The van der Waals surface area contributed by atoms with Gasteiger partial charge in [0.15, 0.2) is 0 Å². The minimum atomic E-state index is -0.576. The molecule has 2 aliphatic heterocycles. The van der Waals surface area contributed by atoms with Gasteiger partial charge in [-0.2, -0.15) is 10.2 Å². The molecule has 0 aliphatic carbocycles. The lowest BCUT2D eigenvalue weighted by atomic mass is 9.99. The predicted octanol–water partition coefficient (Wildman–Crippen LogP) is 3.87. The Morgan fingerprint density at radius 2 is 2.06 bits per heavy atom. The lowest BCUT2D eigenvalue weighted by Gasteiger charge is -2.35. The Morgan fingerprint density at radius 1 is 1.28 bits per heavy atom. The number of H-pyrrole nitrogens is 1. The molecule has 1 fully saturated rings.